The minimum absolute atomic E-state index is 0.00917. The van der Waals surface area contributed by atoms with Crippen molar-refractivity contribution in [3.8, 4) is 6.07 Å². The lowest BCUT2D eigenvalue weighted by Crippen LogP contribution is -2.22. The first-order chi connectivity index (χ1) is 8.79. The lowest BCUT2D eigenvalue weighted by molar-refractivity contribution is -0.113. The Kier molecular flexibility index (Phi) is 3.47. The van der Waals surface area contributed by atoms with Gasteiger partial charge < -0.3 is 0 Å². The number of amides is 1. The molecule has 1 aromatic heterocycles. The molecule has 0 radical (unpaired) electrons. The summed E-state index contributed by atoms with van der Waals surface area (Å²) in [5.41, 5.74) is 3.25. The molecule has 6 heteroatoms. The number of hydrogen-bond donors (Lipinski definition) is 1. The highest BCUT2D eigenvalue weighted by atomic mass is 16.2. The second-order valence-corrected chi connectivity index (χ2v) is 3.39. The van der Waals surface area contributed by atoms with Gasteiger partial charge in [-0.2, -0.15) is 5.26 Å². The van der Waals surface area contributed by atoms with Crippen molar-refractivity contribution >= 4 is 12.0 Å². The highest BCUT2D eigenvalue weighted by Gasteiger charge is 2.08. The van der Waals surface area contributed by atoms with E-state index in [-0.39, 0.29) is 5.57 Å². The highest BCUT2D eigenvalue weighted by Crippen LogP contribution is 2.06. The van der Waals surface area contributed by atoms with Gasteiger partial charge in [-0.1, -0.05) is 30.3 Å². The van der Waals surface area contributed by atoms with Crippen LogP contribution in [0, 0.1) is 11.3 Å². The number of rotatable bonds is 3. The second-order valence-electron chi connectivity index (χ2n) is 3.39. The highest BCUT2D eigenvalue weighted by molar-refractivity contribution is 6.06. The summed E-state index contributed by atoms with van der Waals surface area (Å²) >= 11 is 0. The summed E-state index contributed by atoms with van der Waals surface area (Å²) in [5.74, 6) is -0.513. The van der Waals surface area contributed by atoms with E-state index in [4.69, 9.17) is 5.26 Å². The van der Waals surface area contributed by atoms with Crippen molar-refractivity contribution in [1.29, 1.82) is 5.26 Å². The average molecular weight is 239 g/mol. The van der Waals surface area contributed by atoms with Crippen molar-refractivity contribution in [3.63, 3.8) is 0 Å². The number of hydrogen-bond acceptors (Lipinski definition) is 4. The maximum Gasteiger partial charge on any atom is 0.280 e. The lowest BCUT2D eigenvalue weighted by Gasteiger charge is -2.02. The van der Waals surface area contributed by atoms with E-state index in [1.165, 1.54) is 23.4 Å². The van der Waals surface area contributed by atoms with Crippen LogP contribution in [0.3, 0.4) is 0 Å². The Labute approximate surface area is 103 Å². The van der Waals surface area contributed by atoms with Crippen LogP contribution in [0.15, 0.2) is 48.6 Å². The van der Waals surface area contributed by atoms with Gasteiger partial charge in [0, 0.05) is 0 Å². The predicted molar refractivity (Wildman–Crippen MR) is 64.4 cm³/mol. The van der Waals surface area contributed by atoms with Crippen molar-refractivity contribution in [2.75, 3.05) is 5.43 Å². The van der Waals surface area contributed by atoms with Gasteiger partial charge >= 0.3 is 0 Å². The van der Waals surface area contributed by atoms with E-state index in [0.29, 0.717) is 0 Å². The molecule has 1 amide bonds. The Morgan fingerprint density at radius 3 is 2.56 bits per heavy atom. The third-order valence-corrected chi connectivity index (χ3v) is 2.13. The molecular weight excluding hydrogens is 230 g/mol. The molecule has 0 aliphatic heterocycles. The molecule has 0 saturated heterocycles. The number of aromatic nitrogens is 3. The molecule has 6 nitrogen and oxygen atoms in total. The molecule has 0 fully saturated rings. The number of nitrogens with one attached hydrogen (secondary N) is 1. The SMILES string of the molecule is N#CC(=Cc1ccccc1)C(=O)Nn1cnnc1. The van der Waals surface area contributed by atoms with Gasteiger partial charge in [0.15, 0.2) is 0 Å². The van der Waals surface area contributed by atoms with Crippen LogP contribution >= 0.6 is 0 Å². The zero-order valence-electron chi connectivity index (χ0n) is 9.32. The van der Waals surface area contributed by atoms with Crippen LogP contribution in [0.5, 0.6) is 0 Å². The largest absolute Gasteiger partial charge is 0.280 e. The minimum Gasteiger partial charge on any atom is -0.267 e. The van der Waals surface area contributed by atoms with Crippen molar-refractivity contribution in [1.82, 2.24) is 14.9 Å². The fourth-order valence-corrected chi connectivity index (χ4v) is 1.30. The van der Waals surface area contributed by atoms with Gasteiger partial charge in [-0.25, -0.2) is 4.68 Å². The molecule has 2 aromatic rings. The first kappa shape index (κ1) is 11.5. The molecule has 0 unspecified atom stereocenters. The molecule has 1 heterocycles. The summed E-state index contributed by atoms with van der Waals surface area (Å²) in [6, 6.07) is 11.0. The first-order valence-electron chi connectivity index (χ1n) is 5.12. The van der Waals surface area contributed by atoms with E-state index in [0.717, 1.165) is 5.56 Å². The number of benzene rings is 1. The van der Waals surface area contributed by atoms with E-state index in [9.17, 15) is 4.79 Å². The standard InChI is InChI=1S/C12H9N5O/c13-7-11(6-10-4-2-1-3-5-10)12(18)16-17-8-14-15-9-17/h1-6,8-9H,(H,16,18). The molecule has 0 aliphatic carbocycles. The summed E-state index contributed by atoms with van der Waals surface area (Å²) in [6.07, 6.45) is 4.17. The normalized spacial score (nSPS) is 10.7. The maximum atomic E-state index is 11.8. The van der Waals surface area contributed by atoms with Gasteiger partial charge in [-0.3, -0.25) is 10.2 Å². The number of nitrogens with zero attached hydrogens (tertiary/aromatic N) is 4. The molecule has 0 spiro atoms. The fraction of sp³-hybridized carbons (Fsp3) is 0. The second kappa shape index (κ2) is 5.41. The van der Waals surface area contributed by atoms with Crippen molar-refractivity contribution in [3.05, 3.63) is 54.1 Å². The van der Waals surface area contributed by atoms with Crippen LogP contribution in [0.25, 0.3) is 6.08 Å². The van der Waals surface area contributed by atoms with Crippen molar-refractivity contribution < 1.29 is 4.79 Å². The molecule has 0 aliphatic rings. The van der Waals surface area contributed by atoms with Crippen LogP contribution in [0.4, 0.5) is 0 Å². The van der Waals surface area contributed by atoms with E-state index in [1.54, 1.807) is 0 Å². The van der Waals surface area contributed by atoms with Crippen LogP contribution < -0.4 is 5.43 Å². The molecule has 2 rings (SSSR count). The van der Waals surface area contributed by atoms with E-state index in [1.807, 2.05) is 36.4 Å². The van der Waals surface area contributed by atoms with Gasteiger partial charge in [0.25, 0.3) is 5.91 Å². The molecular formula is C12H9N5O. The molecule has 88 valence electrons. The third-order valence-electron chi connectivity index (χ3n) is 2.13. The van der Waals surface area contributed by atoms with E-state index >= 15 is 0 Å². The summed E-state index contributed by atoms with van der Waals surface area (Å²) in [4.78, 5) is 11.8. The van der Waals surface area contributed by atoms with Gasteiger partial charge in [-0.05, 0) is 11.6 Å². The Hall–Kier alpha value is -2.94. The van der Waals surface area contributed by atoms with Crippen LogP contribution in [0.1, 0.15) is 5.56 Å². The Bertz CT molecular complexity index is 595. The fourth-order valence-electron chi connectivity index (χ4n) is 1.30. The molecule has 1 N–H and O–H groups in total. The van der Waals surface area contributed by atoms with Crippen LogP contribution in [-0.2, 0) is 4.79 Å². The number of carbonyl (C=O) groups excluding carboxylic acids is 1. The number of nitriles is 1. The molecule has 0 saturated carbocycles. The average Bonchev–Trinajstić information content (AvgIpc) is 2.90. The molecule has 0 atom stereocenters. The zero-order chi connectivity index (χ0) is 12.8. The zero-order valence-corrected chi connectivity index (χ0v) is 9.32. The molecule has 1 aromatic carbocycles. The van der Waals surface area contributed by atoms with Crippen molar-refractivity contribution in [2.45, 2.75) is 0 Å². The van der Waals surface area contributed by atoms with Crippen LogP contribution in [0.2, 0.25) is 0 Å². The topological polar surface area (TPSA) is 83.6 Å². The van der Waals surface area contributed by atoms with Crippen LogP contribution in [-0.4, -0.2) is 20.8 Å². The summed E-state index contributed by atoms with van der Waals surface area (Å²) in [5, 5.41) is 16.0. The summed E-state index contributed by atoms with van der Waals surface area (Å²) in [6.45, 7) is 0. The molecule has 18 heavy (non-hydrogen) atoms. The third kappa shape index (κ3) is 2.80. The van der Waals surface area contributed by atoms with Crippen molar-refractivity contribution in [2.24, 2.45) is 0 Å². The smallest absolute Gasteiger partial charge is 0.267 e. The Balaban J connectivity index is 2.17. The van der Waals surface area contributed by atoms with Gasteiger partial charge in [0.2, 0.25) is 0 Å². The molecule has 0 bridgehead atoms. The Morgan fingerprint density at radius 2 is 1.94 bits per heavy atom. The quantitative estimate of drug-likeness (QED) is 0.638. The van der Waals surface area contributed by atoms with E-state index in [2.05, 4.69) is 15.6 Å². The monoisotopic (exact) mass is 239 g/mol. The minimum atomic E-state index is -0.513. The first-order valence-corrected chi connectivity index (χ1v) is 5.12. The lowest BCUT2D eigenvalue weighted by atomic mass is 10.1. The van der Waals surface area contributed by atoms with Gasteiger partial charge in [0.05, 0.1) is 0 Å². The summed E-state index contributed by atoms with van der Waals surface area (Å²) < 4.78 is 1.28. The summed E-state index contributed by atoms with van der Waals surface area (Å²) in [7, 11) is 0. The number of carbonyl (C=O) groups is 1. The Morgan fingerprint density at radius 1 is 1.28 bits per heavy atom. The van der Waals surface area contributed by atoms with Gasteiger partial charge in [-0.15, -0.1) is 10.2 Å². The van der Waals surface area contributed by atoms with Gasteiger partial charge in [0.1, 0.15) is 24.3 Å². The van der Waals surface area contributed by atoms with E-state index < -0.39 is 5.91 Å². The maximum absolute atomic E-state index is 11.8. The predicted octanol–water partition coefficient (Wildman–Crippen LogP) is 0.955.